The van der Waals surface area contributed by atoms with E-state index in [9.17, 15) is 19.5 Å². The number of carbonyl (C=O) groups is 3. The SMILES string of the molecule is CCCC(CCC)OCC(NC(=O)CCC(=O)NC)C(=O)N[C@@H](Cc1ccccc1)[C@H](O)CNCc1cccc(OC)c1. The second-order valence-corrected chi connectivity index (χ2v) is 10.7. The first-order chi connectivity index (χ1) is 20.8. The highest BCUT2D eigenvalue weighted by Gasteiger charge is 2.28. The van der Waals surface area contributed by atoms with Gasteiger partial charge in [-0.05, 0) is 42.5 Å². The molecule has 10 heteroatoms. The minimum Gasteiger partial charge on any atom is -0.497 e. The molecule has 0 bridgehead atoms. The van der Waals surface area contributed by atoms with Crippen molar-refractivity contribution in [2.24, 2.45) is 0 Å². The monoisotopic (exact) mass is 598 g/mol. The summed E-state index contributed by atoms with van der Waals surface area (Å²) < 4.78 is 11.4. The number of methoxy groups -OCH3 is 1. The number of carbonyl (C=O) groups excluding carboxylic acids is 3. The number of hydrogen-bond acceptors (Lipinski definition) is 7. The molecule has 2 aromatic rings. The second-order valence-electron chi connectivity index (χ2n) is 10.7. The molecule has 0 fully saturated rings. The Morgan fingerprint density at radius 1 is 0.884 bits per heavy atom. The largest absolute Gasteiger partial charge is 0.497 e. The summed E-state index contributed by atoms with van der Waals surface area (Å²) in [6.07, 6.45) is 2.97. The molecule has 0 radical (unpaired) electrons. The highest BCUT2D eigenvalue weighted by atomic mass is 16.5. The summed E-state index contributed by atoms with van der Waals surface area (Å²) in [6.45, 7) is 4.88. The van der Waals surface area contributed by atoms with Crippen molar-refractivity contribution in [2.45, 2.75) is 89.6 Å². The molecule has 2 rings (SSSR count). The molecule has 5 N–H and O–H groups in total. The third-order valence-electron chi connectivity index (χ3n) is 7.14. The van der Waals surface area contributed by atoms with E-state index in [0.717, 1.165) is 42.6 Å². The van der Waals surface area contributed by atoms with Gasteiger partial charge in [-0.1, -0.05) is 69.2 Å². The molecular formula is C33H50N4O6. The van der Waals surface area contributed by atoms with E-state index in [1.807, 2.05) is 54.6 Å². The first-order valence-electron chi connectivity index (χ1n) is 15.3. The number of amides is 3. The Balaban J connectivity index is 2.15. The molecule has 0 spiro atoms. The first-order valence-corrected chi connectivity index (χ1v) is 15.3. The summed E-state index contributed by atoms with van der Waals surface area (Å²) in [5, 5.41) is 22.7. The molecule has 0 saturated carbocycles. The molecule has 0 aromatic heterocycles. The van der Waals surface area contributed by atoms with Gasteiger partial charge in [-0.25, -0.2) is 0 Å². The fraction of sp³-hybridized carbons (Fsp3) is 0.545. The van der Waals surface area contributed by atoms with E-state index in [4.69, 9.17) is 9.47 Å². The molecule has 10 nitrogen and oxygen atoms in total. The average molecular weight is 599 g/mol. The highest BCUT2D eigenvalue weighted by Crippen LogP contribution is 2.13. The zero-order chi connectivity index (χ0) is 31.5. The minimum absolute atomic E-state index is 0.00947. The standard InChI is InChI=1S/C33H50N4O6/c1-5-11-26(12-6-2)43-23-29(36-32(40)18-17-31(39)34-3)33(41)37-28(20-24-13-8-7-9-14-24)30(38)22-35-21-25-15-10-16-27(19-25)42-4/h7-10,13-16,19,26,28-30,35,38H,5-6,11-12,17-18,20-23H2,1-4H3,(H,34,39)(H,36,40)(H,37,41)/t28-,29?,30+/m0/s1. The molecule has 0 heterocycles. The Morgan fingerprint density at radius 2 is 1.56 bits per heavy atom. The van der Waals surface area contributed by atoms with Gasteiger partial charge in [0.1, 0.15) is 11.8 Å². The molecule has 0 aliphatic rings. The summed E-state index contributed by atoms with van der Waals surface area (Å²) >= 11 is 0. The Hall–Kier alpha value is -3.47. The van der Waals surface area contributed by atoms with Crippen LogP contribution in [0, 0.1) is 0 Å². The number of rotatable bonds is 21. The van der Waals surface area contributed by atoms with Crippen LogP contribution < -0.4 is 26.0 Å². The van der Waals surface area contributed by atoms with Crippen molar-refractivity contribution in [3.8, 4) is 5.75 Å². The molecule has 1 unspecified atom stereocenters. The normalized spacial score (nSPS) is 13.2. The summed E-state index contributed by atoms with van der Waals surface area (Å²) in [7, 11) is 3.12. The van der Waals surface area contributed by atoms with Crippen LogP contribution >= 0.6 is 0 Å². The van der Waals surface area contributed by atoms with E-state index < -0.39 is 30.0 Å². The van der Waals surface area contributed by atoms with Gasteiger partial charge in [-0.3, -0.25) is 14.4 Å². The van der Waals surface area contributed by atoms with Crippen molar-refractivity contribution >= 4 is 17.7 Å². The van der Waals surface area contributed by atoms with Crippen LogP contribution in [0.25, 0.3) is 0 Å². The maximum absolute atomic E-state index is 13.6. The summed E-state index contributed by atoms with van der Waals surface area (Å²) in [4.78, 5) is 38.0. The molecule has 0 saturated heterocycles. The van der Waals surface area contributed by atoms with Gasteiger partial charge in [-0.15, -0.1) is 0 Å². The maximum Gasteiger partial charge on any atom is 0.245 e. The highest BCUT2D eigenvalue weighted by molar-refractivity contribution is 5.89. The van der Waals surface area contributed by atoms with Crippen molar-refractivity contribution < 1.29 is 29.0 Å². The topological polar surface area (TPSA) is 138 Å². The third-order valence-corrected chi connectivity index (χ3v) is 7.14. The number of aliphatic hydroxyl groups is 1. The summed E-state index contributed by atoms with van der Waals surface area (Å²) in [5.41, 5.74) is 1.95. The van der Waals surface area contributed by atoms with Crippen LogP contribution in [-0.2, 0) is 32.1 Å². The van der Waals surface area contributed by atoms with Crippen molar-refractivity contribution in [3.05, 3.63) is 65.7 Å². The van der Waals surface area contributed by atoms with E-state index in [1.54, 1.807) is 7.11 Å². The summed E-state index contributed by atoms with van der Waals surface area (Å²) in [5.74, 6) is -0.381. The lowest BCUT2D eigenvalue weighted by Gasteiger charge is -2.28. The smallest absolute Gasteiger partial charge is 0.245 e. The Labute approximate surface area is 256 Å². The molecule has 2 aromatic carbocycles. The van der Waals surface area contributed by atoms with Crippen LogP contribution in [0.4, 0.5) is 0 Å². The third kappa shape index (κ3) is 14.0. The Kier molecular flexibility index (Phi) is 17.0. The Morgan fingerprint density at radius 3 is 2.21 bits per heavy atom. The van der Waals surface area contributed by atoms with Gasteiger partial charge >= 0.3 is 0 Å². The predicted octanol–water partition coefficient (Wildman–Crippen LogP) is 2.87. The van der Waals surface area contributed by atoms with E-state index in [2.05, 4.69) is 35.1 Å². The lowest BCUT2D eigenvalue weighted by atomic mass is 10.0. The van der Waals surface area contributed by atoms with Gasteiger partial charge < -0.3 is 35.8 Å². The predicted molar refractivity (Wildman–Crippen MR) is 168 cm³/mol. The molecular weight excluding hydrogens is 548 g/mol. The van der Waals surface area contributed by atoms with E-state index in [0.29, 0.717) is 13.0 Å². The lowest BCUT2D eigenvalue weighted by Crippen LogP contribution is -2.56. The number of aliphatic hydroxyl groups excluding tert-OH is 1. The zero-order valence-electron chi connectivity index (χ0n) is 26.1. The fourth-order valence-corrected chi connectivity index (χ4v) is 4.71. The van der Waals surface area contributed by atoms with Gasteiger partial charge in [0.15, 0.2) is 0 Å². The van der Waals surface area contributed by atoms with Crippen LogP contribution in [0.5, 0.6) is 5.75 Å². The Bertz CT molecular complexity index is 1090. The van der Waals surface area contributed by atoms with E-state index in [-0.39, 0.29) is 38.0 Å². The van der Waals surface area contributed by atoms with Crippen molar-refractivity contribution in [2.75, 3.05) is 27.3 Å². The van der Waals surface area contributed by atoms with E-state index in [1.165, 1.54) is 7.05 Å². The first kappa shape index (κ1) is 35.7. The van der Waals surface area contributed by atoms with Crippen molar-refractivity contribution in [1.29, 1.82) is 0 Å². The molecule has 3 amide bonds. The molecule has 238 valence electrons. The zero-order valence-corrected chi connectivity index (χ0v) is 26.1. The van der Waals surface area contributed by atoms with Crippen LogP contribution in [0.3, 0.4) is 0 Å². The second kappa shape index (κ2) is 20.4. The number of ether oxygens (including phenoxy) is 2. The fourth-order valence-electron chi connectivity index (χ4n) is 4.71. The van der Waals surface area contributed by atoms with E-state index >= 15 is 0 Å². The van der Waals surface area contributed by atoms with Crippen LogP contribution in [0.1, 0.15) is 63.5 Å². The van der Waals surface area contributed by atoms with Crippen LogP contribution in [0.15, 0.2) is 54.6 Å². The molecule has 3 atom stereocenters. The van der Waals surface area contributed by atoms with Crippen molar-refractivity contribution in [3.63, 3.8) is 0 Å². The van der Waals surface area contributed by atoms with Gasteiger partial charge in [0, 0.05) is 33.0 Å². The average Bonchev–Trinajstić information content (AvgIpc) is 3.02. The molecule has 43 heavy (non-hydrogen) atoms. The van der Waals surface area contributed by atoms with Gasteiger partial charge in [-0.2, -0.15) is 0 Å². The van der Waals surface area contributed by atoms with Crippen molar-refractivity contribution in [1.82, 2.24) is 21.3 Å². The lowest BCUT2D eigenvalue weighted by molar-refractivity contribution is -0.133. The minimum atomic E-state index is -0.983. The molecule has 0 aliphatic carbocycles. The number of benzene rings is 2. The summed E-state index contributed by atoms with van der Waals surface area (Å²) in [6, 6.07) is 15.6. The quantitative estimate of drug-likeness (QED) is 0.149. The molecule has 0 aliphatic heterocycles. The maximum atomic E-state index is 13.6. The van der Waals surface area contributed by atoms with Gasteiger partial charge in [0.25, 0.3) is 0 Å². The van der Waals surface area contributed by atoms with Crippen LogP contribution in [0.2, 0.25) is 0 Å². The number of hydrogen-bond donors (Lipinski definition) is 5. The van der Waals surface area contributed by atoms with Gasteiger partial charge in [0.2, 0.25) is 17.7 Å². The van der Waals surface area contributed by atoms with Crippen LogP contribution in [-0.4, -0.2) is 74.4 Å². The van der Waals surface area contributed by atoms with Gasteiger partial charge in [0.05, 0.1) is 32.0 Å². The number of nitrogens with one attached hydrogen (secondary N) is 4.